The van der Waals surface area contributed by atoms with Crippen LogP contribution in [-0.2, 0) is 6.61 Å². The number of nitrogens with one attached hydrogen (secondary N) is 1. The highest BCUT2D eigenvalue weighted by atomic mass is 16.3. The first-order valence-electron chi connectivity index (χ1n) is 4.09. The van der Waals surface area contributed by atoms with Crippen molar-refractivity contribution in [2.45, 2.75) is 6.61 Å². The quantitative estimate of drug-likeness (QED) is 0.631. The molecule has 0 fully saturated rings. The Bertz CT molecular complexity index is 490. The maximum Gasteiger partial charge on any atom is 0.249 e. The molecule has 0 aliphatic rings. The van der Waals surface area contributed by atoms with Crippen molar-refractivity contribution in [3.05, 3.63) is 29.6 Å². The number of nitrogens with two attached hydrogens (primary N) is 1. The minimum atomic E-state index is -0.557. The van der Waals surface area contributed by atoms with E-state index in [1.165, 1.54) is 6.33 Å². The second kappa shape index (κ2) is 3.12. The van der Waals surface area contributed by atoms with Gasteiger partial charge in [0.25, 0.3) is 0 Å². The number of aliphatic hydroxyl groups excluding tert-OH is 1. The Morgan fingerprint density at radius 1 is 1.57 bits per heavy atom. The van der Waals surface area contributed by atoms with Gasteiger partial charge < -0.3 is 15.8 Å². The van der Waals surface area contributed by atoms with Crippen LogP contribution in [0.15, 0.2) is 18.5 Å². The molecule has 1 amide bonds. The lowest BCUT2D eigenvalue weighted by atomic mass is 10.1. The van der Waals surface area contributed by atoms with Gasteiger partial charge in [-0.15, -0.1) is 0 Å². The number of carbonyl (C=O) groups is 1. The number of aromatic nitrogens is 2. The minimum Gasteiger partial charge on any atom is -0.392 e. The van der Waals surface area contributed by atoms with E-state index in [9.17, 15) is 4.79 Å². The number of benzene rings is 1. The molecule has 72 valence electrons. The van der Waals surface area contributed by atoms with Gasteiger partial charge in [0.1, 0.15) is 0 Å². The van der Waals surface area contributed by atoms with E-state index in [-0.39, 0.29) is 6.61 Å². The van der Waals surface area contributed by atoms with Crippen LogP contribution >= 0.6 is 0 Å². The van der Waals surface area contributed by atoms with E-state index in [0.29, 0.717) is 16.6 Å². The van der Waals surface area contributed by atoms with E-state index >= 15 is 0 Å². The van der Waals surface area contributed by atoms with Crippen LogP contribution in [0.3, 0.4) is 0 Å². The molecule has 0 saturated carbocycles. The van der Waals surface area contributed by atoms with Crippen molar-refractivity contribution in [3.8, 4) is 0 Å². The number of primary amides is 1. The monoisotopic (exact) mass is 191 g/mol. The second-order valence-electron chi connectivity index (χ2n) is 2.95. The summed E-state index contributed by atoms with van der Waals surface area (Å²) in [6, 6.07) is 3.24. The van der Waals surface area contributed by atoms with Crippen LogP contribution in [0.25, 0.3) is 11.0 Å². The Balaban J connectivity index is 2.72. The fraction of sp³-hybridized carbons (Fsp3) is 0.111. The third-order valence-electron chi connectivity index (χ3n) is 2.08. The molecule has 0 radical (unpaired) electrons. The van der Waals surface area contributed by atoms with Crippen LogP contribution in [0, 0.1) is 0 Å². The molecular weight excluding hydrogens is 182 g/mol. The maximum atomic E-state index is 11.0. The van der Waals surface area contributed by atoms with Gasteiger partial charge in [-0.3, -0.25) is 4.79 Å². The highest BCUT2D eigenvalue weighted by molar-refractivity contribution is 5.97. The lowest BCUT2D eigenvalue weighted by molar-refractivity contribution is 0.0997. The van der Waals surface area contributed by atoms with Crippen molar-refractivity contribution in [2.24, 2.45) is 5.73 Å². The van der Waals surface area contributed by atoms with Crippen molar-refractivity contribution in [2.75, 3.05) is 0 Å². The zero-order chi connectivity index (χ0) is 10.1. The molecule has 5 nitrogen and oxygen atoms in total. The number of carbonyl (C=O) groups excluding carboxylic acids is 1. The first-order chi connectivity index (χ1) is 6.72. The van der Waals surface area contributed by atoms with Crippen molar-refractivity contribution >= 4 is 16.9 Å². The Morgan fingerprint density at radius 2 is 2.36 bits per heavy atom. The standard InChI is InChI=1S/C9H9N3O2/c10-9(14)6-2-8-7(11-4-12-8)1-5(6)3-13/h1-2,4,13H,3H2,(H2,10,14)(H,11,12). The van der Waals surface area contributed by atoms with E-state index in [1.54, 1.807) is 12.1 Å². The Kier molecular flexibility index (Phi) is 1.94. The Hall–Kier alpha value is -1.88. The van der Waals surface area contributed by atoms with Crippen LogP contribution in [0.5, 0.6) is 0 Å². The highest BCUT2D eigenvalue weighted by Gasteiger charge is 2.09. The maximum absolute atomic E-state index is 11.0. The molecule has 14 heavy (non-hydrogen) atoms. The summed E-state index contributed by atoms with van der Waals surface area (Å²) >= 11 is 0. The molecule has 5 heteroatoms. The van der Waals surface area contributed by atoms with Gasteiger partial charge in [0.2, 0.25) is 5.91 Å². The third-order valence-corrected chi connectivity index (χ3v) is 2.08. The number of H-pyrrole nitrogens is 1. The van der Waals surface area contributed by atoms with Gasteiger partial charge in [0, 0.05) is 5.56 Å². The molecule has 0 saturated heterocycles. The first-order valence-corrected chi connectivity index (χ1v) is 4.09. The predicted molar refractivity (Wildman–Crippen MR) is 50.5 cm³/mol. The summed E-state index contributed by atoms with van der Waals surface area (Å²) in [6.45, 7) is -0.215. The van der Waals surface area contributed by atoms with E-state index in [1.807, 2.05) is 0 Å². The summed E-state index contributed by atoms with van der Waals surface area (Å²) in [5, 5.41) is 9.02. The number of rotatable bonds is 2. The normalized spacial score (nSPS) is 10.6. The van der Waals surface area contributed by atoms with Gasteiger partial charge in [-0.1, -0.05) is 0 Å². The fourth-order valence-electron chi connectivity index (χ4n) is 1.39. The lowest BCUT2D eigenvalue weighted by Crippen LogP contribution is -2.13. The molecule has 1 aromatic heterocycles. The molecule has 0 aliphatic heterocycles. The molecule has 0 atom stereocenters. The number of nitrogens with zero attached hydrogens (tertiary/aromatic N) is 1. The summed E-state index contributed by atoms with van der Waals surface area (Å²) in [7, 11) is 0. The SMILES string of the molecule is NC(=O)c1cc2nc[nH]c2cc1CO. The van der Waals surface area contributed by atoms with Crippen molar-refractivity contribution in [1.82, 2.24) is 9.97 Å². The molecule has 2 aromatic rings. The average Bonchev–Trinajstić information content (AvgIpc) is 2.62. The van der Waals surface area contributed by atoms with Gasteiger partial charge in [-0.05, 0) is 17.7 Å². The van der Waals surface area contributed by atoms with Gasteiger partial charge in [0.05, 0.1) is 24.0 Å². The molecular formula is C9H9N3O2. The van der Waals surface area contributed by atoms with E-state index in [0.717, 1.165) is 5.52 Å². The molecule has 4 N–H and O–H groups in total. The zero-order valence-electron chi connectivity index (χ0n) is 7.32. The predicted octanol–water partition coefficient (Wildman–Crippen LogP) is 0.154. The van der Waals surface area contributed by atoms with Crippen molar-refractivity contribution in [1.29, 1.82) is 0 Å². The molecule has 1 heterocycles. The smallest absolute Gasteiger partial charge is 0.249 e. The molecule has 0 aliphatic carbocycles. The first kappa shape index (κ1) is 8.71. The summed E-state index contributed by atoms with van der Waals surface area (Å²) < 4.78 is 0. The Morgan fingerprint density at radius 3 is 3.00 bits per heavy atom. The summed E-state index contributed by atoms with van der Waals surface area (Å²) in [6.07, 6.45) is 1.52. The third kappa shape index (κ3) is 1.23. The Labute approximate surface area is 79.6 Å². The van der Waals surface area contributed by atoms with Crippen LogP contribution in [0.4, 0.5) is 0 Å². The topological polar surface area (TPSA) is 92.0 Å². The number of aromatic amines is 1. The van der Waals surface area contributed by atoms with E-state index < -0.39 is 5.91 Å². The average molecular weight is 191 g/mol. The van der Waals surface area contributed by atoms with Crippen molar-refractivity contribution in [3.63, 3.8) is 0 Å². The number of hydrogen-bond acceptors (Lipinski definition) is 3. The summed E-state index contributed by atoms with van der Waals surface area (Å²) in [5.41, 5.74) is 7.42. The van der Waals surface area contributed by atoms with E-state index in [4.69, 9.17) is 10.8 Å². The van der Waals surface area contributed by atoms with Gasteiger partial charge >= 0.3 is 0 Å². The van der Waals surface area contributed by atoms with Gasteiger partial charge in [-0.25, -0.2) is 4.98 Å². The minimum absolute atomic E-state index is 0.215. The highest BCUT2D eigenvalue weighted by Crippen LogP contribution is 2.16. The van der Waals surface area contributed by atoms with Gasteiger partial charge in [-0.2, -0.15) is 0 Å². The lowest BCUT2D eigenvalue weighted by Gasteiger charge is -2.02. The van der Waals surface area contributed by atoms with E-state index in [2.05, 4.69) is 9.97 Å². The van der Waals surface area contributed by atoms with Crippen LogP contribution in [-0.4, -0.2) is 21.0 Å². The van der Waals surface area contributed by atoms with Crippen LogP contribution in [0.2, 0.25) is 0 Å². The van der Waals surface area contributed by atoms with Crippen LogP contribution in [0.1, 0.15) is 15.9 Å². The van der Waals surface area contributed by atoms with Crippen molar-refractivity contribution < 1.29 is 9.90 Å². The number of aliphatic hydroxyl groups is 1. The molecule has 0 bridgehead atoms. The molecule has 0 spiro atoms. The molecule has 1 aromatic carbocycles. The number of amides is 1. The van der Waals surface area contributed by atoms with Crippen LogP contribution < -0.4 is 5.73 Å². The number of fused-ring (bicyclic) bond motifs is 1. The molecule has 0 unspecified atom stereocenters. The number of hydrogen-bond donors (Lipinski definition) is 3. The largest absolute Gasteiger partial charge is 0.392 e. The molecule has 2 rings (SSSR count). The van der Waals surface area contributed by atoms with Gasteiger partial charge in [0.15, 0.2) is 0 Å². The second-order valence-corrected chi connectivity index (χ2v) is 2.95. The summed E-state index contributed by atoms with van der Waals surface area (Å²) in [4.78, 5) is 17.9. The number of imidazole rings is 1. The zero-order valence-corrected chi connectivity index (χ0v) is 7.32. The summed E-state index contributed by atoms with van der Waals surface area (Å²) in [5.74, 6) is -0.557. The fourth-order valence-corrected chi connectivity index (χ4v) is 1.39.